The molecule has 0 atom stereocenters. The highest BCUT2D eigenvalue weighted by Crippen LogP contribution is 2.48. The van der Waals surface area contributed by atoms with Gasteiger partial charge in [0, 0.05) is 6.42 Å². The maximum Gasteiger partial charge on any atom is 0.406 e. The van der Waals surface area contributed by atoms with Crippen molar-refractivity contribution >= 4 is 0 Å². The summed E-state index contributed by atoms with van der Waals surface area (Å²) in [5.41, 5.74) is -1.62. The highest BCUT2D eigenvalue weighted by Gasteiger charge is 2.62. The van der Waals surface area contributed by atoms with E-state index >= 15 is 0 Å². The Morgan fingerprint density at radius 2 is 2.00 bits per heavy atom. The van der Waals surface area contributed by atoms with Crippen molar-refractivity contribution in [3.63, 3.8) is 0 Å². The normalized spacial score (nSPS) is 19.5. The number of nitrogens with zero attached hydrogens (tertiary/aromatic N) is 1. The van der Waals surface area contributed by atoms with E-state index in [1.54, 1.807) is 0 Å². The first kappa shape index (κ1) is 10.3. The van der Waals surface area contributed by atoms with Crippen LogP contribution in [0.5, 0.6) is 0 Å². The van der Waals surface area contributed by atoms with E-state index < -0.39 is 11.7 Å². The van der Waals surface area contributed by atoms with Crippen LogP contribution in [-0.4, -0.2) is 18.3 Å². The van der Waals surface area contributed by atoms with Gasteiger partial charge in [-0.2, -0.15) is 18.4 Å². The predicted molar refractivity (Wildman–Crippen MR) is 40.9 cm³/mol. The van der Waals surface area contributed by atoms with Gasteiger partial charge in [-0.1, -0.05) is 0 Å². The van der Waals surface area contributed by atoms with Gasteiger partial charge in [0.25, 0.3) is 0 Å². The number of nitrogens with one attached hydrogen (secondary N) is 1. The van der Waals surface area contributed by atoms with Gasteiger partial charge in [-0.25, -0.2) is 0 Å². The molecule has 0 heterocycles. The van der Waals surface area contributed by atoms with Gasteiger partial charge in [0.1, 0.15) is 5.54 Å². The summed E-state index contributed by atoms with van der Waals surface area (Å²) in [5, 5.41) is 10.6. The van der Waals surface area contributed by atoms with Crippen molar-refractivity contribution in [3.8, 4) is 6.07 Å². The number of alkyl halides is 3. The van der Waals surface area contributed by atoms with Gasteiger partial charge in [-0.05, 0) is 25.8 Å². The quantitative estimate of drug-likeness (QED) is 0.691. The number of rotatable bonds is 4. The summed E-state index contributed by atoms with van der Waals surface area (Å²) in [5.74, 6) is 0. The topological polar surface area (TPSA) is 35.8 Å². The third-order valence-electron chi connectivity index (χ3n) is 2.22. The third kappa shape index (κ3) is 2.34. The molecule has 1 fully saturated rings. The largest absolute Gasteiger partial charge is 0.406 e. The average Bonchev–Trinajstić information content (AvgIpc) is 2.77. The third-order valence-corrected chi connectivity index (χ3v) is 2.22. The summed E-state index contributed by atoms with van der Waals surface area (Å²) in [6.45, 7) is 0.271. The summed E-state index contributed by atoms with van der Waals surface area (Å²) >= 11 is 0. The first-order chi connectivity index (χ1) is 6.02. The lowest BCUT2D eigenvalue weighted by Crippen LogP contribution is -2.45. The summed E-state index contributed by atoms with van der Waals surface area (Å²) in [7, 11) is 0. The maximum absolute atomic E-state index is 12.3. The van der Waals surface area contributed by atoms with E-state index in [1.165, 1.54) is 0 Å². The molecule has 0 aromatic carbocycles. The van der Waals surface area contributed by atoms with Crippen molar-refractivity contribution in [2.45, 2.75) is 37.4 Å². The van der Waals surface area contributed by atoms with Crippen LogP contribution >= 0.6 is 0 Å². The van der Waals surface area contributed by atoms with Crippen LogP contribution in [0.4, 0.5) is 13.2 Å². The Labute approximate surface area is 74.7 Å². The smallest absolute Gasteiger partial charge is 0.304 e. The van der Waals surface area contributed by atoms with Crippen molar-refractivity contribution in [2.24, 2.45) is 0 Å². The lowest BCUT2D eigenvalue weighted by atomic mass is 10.2. The second-order valence-corrected chi connectivity index (χ2v) is 3.27. The van der Waals surface area contributed by atoms with Crippen LogP contribution in [0.3, 0.4) is 0 Å². The molecule has 1 aliphatic carbocycles. The van der Waals surface area contributed by atoms with Gasteiger partial charge < -0.3 is 5.32 Å². The molecule has 0 spiro atoms. The Hall–Kier alpha value is -0.760. The van der Waals surface area contributed by atoms with Crippen LogP contribution in [0.15, 0.2) is 0 Å². The average molecular weight is 192 g/mol. The molecule has 13 heavy (non-hydrogen) atoms. The molecule has 74 valence electrons. The molecule has 0 bridgehead atoms. The minimum absolute atomic E-state index is 0.170. The van der Waals surface area contributed by atoms with E-state index in [0.717, 1.165) is 0 Å². The Kier molecular flexibility index (Phi) is 2.81. The fourth-order valence-electron chi connectivity index (χ4n) is 1.18. The zero-order chi connectivity index (χ0) is 9.95. The van der Waals surface area contributed by atoms with Crippen LogP contribution in [0.25, 0.3) is 0 Å². The Balaban J connectivity index is 2.25. The van der Waals surface area contributed by atoms with Crippen molar-refractivity contribution in [1.29, 1.82) is 5.26 Å². The Bertz CT molecular complexity index is 212. The molecular weight excluding hydrogens is 181 g/mol. The molecule has 0 unspecified atom stereocenters. The van der Waals surface area contributed by atoms with E-state index in [9.17, 15) is 13.2 Å². The van der Waals surface area contributed by atoms with Crippen LogP contribution in [0.2, 0.25) is 0 Å². The monoisotopic (exact) mass is 192 g/mol. The molecule has 2 nitrogen and oxygen atoms in total. The summed E-state index contributed by atoms with van der Waals surface area (Å²) in [6.07, 6.45) is -3.01. The van der Waals surface area contributed by atoms with Gasteiger partial charge in [0.2, 0.25) is 0 Å². The predicted octanol–water partition coefficient (Wildman–Crippen LogP) is 1.97. The molecular formula is C8H11F3N2. The van der Waals surface area contributed by atoms with Gasteiger partial charge in [0.05, 0.1) is 6.07 Å². The molecule has 0 aromatic heterocycles. The SMILES string of the molecule is N#CCCCNC1(C(F)(F)F)CC1. The molecule has 1 aliphatic rings. The van der Waals surface area contributed by atoms with Crippen LogP contribution in [0, 0.1) is 11.3 Å². The van der Waals surface area contributed by atoms with Gasteiger partial charge >= 0.3 is 6.18 Å². The van der Waals surface area contributed by atoms with Gasteiger partial charge in [0.15, 0.2) is 0 Å². The van der Waals surface area contributed by atoms with E-state index in [1.807, 2.05) is 6.07 Å². The number of unbranched alkanes of at least 4 members (excludes halogenated alkanes) is 1. The van der Waals surface area contributed by atoms with Crippen LogP contribution in [-0.2, 0) is 0 Å². The molecule has 1 N–H and O–H groups in total. The van der Waals surface area contributed by atoms with Crippen molar-refractivity contribution in [1.82, 2.24) is 5.32 Å². The highest BCUT2D eigenvalue weighted by atomic mass is 19.4. The zero-order valence-electron chi connectivity index (χ0n) is 7.12. The lowest BCUT2D eigenvalue weighted by molar-refractivity contribution is -0.165. The summed E-state index contributed by atoms with van der Waals surface area (Å²) < 4.78 is 36.8. The highest BCUT2D eigenvalue weighted by molar-refractivity contribution is 5.07. The van der Waals surface area contributed by atoms with E-state index in [4.69, 9.17) is 5.26 Å². The van der Waals surface area contributed by atoms with Crippen LogP contribution in [0.1, 0.15) is 25.7 Å². The number of nitriles is 1. The molecule has 0 aromatic rings. The fraction of sp³-hybridized carbons (Fsp3) is 0.875. The minimum Gasteiger partial charge on any atom is -0.304 e. The van der Waals surface area contributed by atoms with Crippen molar-refractivity contribution in [3.05, 3.63) is 0 Å². The van der Waals surface area contributed by atoms with Gasteiger partial charge in [-0.15, -0.1) is 0 Å². The lowest BCUT2D eigenvalue weighted by Gasteiger charge is -2.20. The first-order valence-electron chi connectivity index (χ1n) is 4.20. The second kappa shape index (κ2) is 3.54. The molecule has 1 rings (SSSR count). The van der Waals surface area contributed by atoms with Gasteiger partial charge in [-0.3, -0.25) is 0 Å². The van der Waals surface area contributed by atoms with Crippen molar-refractivity contribution < 1.29 is 13.2 Å². The second-order valence-electron chi connectivity index (χ2n) is 3.27. The molecule has 0 saturated heterocycles. The number of hydrogen-bond acceptors (Lipinski definition) is 2. The zero-order valence-corrected chi connectivity index (χ0v) is 7.12. The molecule has 0 radical (unpaired) electrons. The minimum atomic E-state index is -4.14. The van der Waals surface area contributed by atoms with E-state index in [-0.39, 0.29) is 19.4 Å². The van der Waals surface area contributed by atoms with Crippen LogP contribution < -0.4 is 5.32 Å². The molecule has 1 saturated carbocycles. The summed E-state index contributed by atoms with van der Waals surface area (Å²) in [4.78, 5) is 0. The standard InChI is InChI=1S/C8H11F3N2/c9-8(10,11)7(3-4-7)13-6-2-1-5-12/h13H,1-4,6H2. The maximum atomic E-state index is 12.3. The fourth-order valence-corrected chi connectivity index (χ4v) is 1.18. The van der Waals surface area contributed by atoms with E-state index in [2.05, 4.69) is 5.32 Å². The Morgan fingerprint density at radius 1 is 1.38 bits per heavy atom. The summed E-state index contributed by atoms with van der Waals surface area (Å²) in [6, 6.07) is 1.89. The molecule has 0 aliphatic heterocycles. The van der Waals surface area contributed by atoms with Crippen molar-refractivity contribution in [2.75, 3.05) is 6.54 Å². The Morgan fingerprint density at radius 3 is 2.38 bits per heavy atom. The van der Waals surface area contributed by atoms with E-state index in [0.29, 0.717) is 12.8 Å². The number of halogens is 3. The number of hydrogen-bond donors (Lipinski definition) is 1. The first-order valence-corrected chi connectivity index (χ1v) is 4.20. The molecule has 0 amide bonds. The molecule has 5 heteroatoms.